The molecule has 4 heterocycles. The highest BCUT2D eigenvalue weighted by Gasteiger charge is 2.39. The van der Waals surface area contributed by atoms with Gasteiger partial charge in [0.15, 0.2) is 0 Å². The van der Waals surface area contributed by atoms with Crippen molar-refractivity contribution in [2.75, 3.05) is 46.5 Å². The van der Waals surface area contributed by atoms with E-state index in [1.54, 1.807) is 7.11 Å². The van der Waals surface area contributed by atoms with Crippen LogP contribution in [0.3, 0.4) is 0 Å². The summed E-state index contributed by atoms with van der Waals surface area (Å²) in [6.45, 7) is 10.4. The molecule has 0 aromatic carbocycles. The van der Waals surface area contributed by atoms with E-state index in [9.17, 15) is 0 Å². The Morgan fingerprint density at radius 2 is 2.04 bits per heavy atom. The summed E-state index contributed by atoms with van der Waals surface area (Å²) < 4.78 is 13.7. The Bertz CT molecular complexity index is 749. The van der Waals surface area contributed by atoms with Crippen molar-refractivity contribution >= 4 is 0 Å². The van der Waals surface area contributed by atoms with Gasteiger partial charge in [0.2, 0.25) is 0 Å². The minimum Gasteiger partial charge on any atom is -0.383 e. The minimum atomic E-state index is -0.00394. The average Bonchev–Trinajstić information content (AvgIpc) is 3.31. The molecule has 154 valence electrons. The second kappa shape index (κ2) is 8.73. The molecule has 8 heteroatoms. The maximum Gasteiger partial charge on any atom is 0.103 e. The second-order valence-corrected chi connectivity index (χ2v) is 8.08. The first-order valence-electron chi connectivity index (χ1n) is 10.2. The number of nitrogens with one attached hydrogen (secondary N) is 1. The van der Waals surface area contributed by atoms with Crippen LogP contribution in [0.15, 0.2) is 18.7 Å². The zero-order valence-corrected chi connectivity index (χ0v) is 17.1. The van der Waals surface area contributed by atoms with Crippen LogP contribution in [0, 0.1) is 6.92 Å². The van der Waals surface area contributed by atoms with Crippen LogP contribution in [-0.2, 0) is 29.1 Å². The molecule has 2 aliphatic heterocycles. The summed E-state index contributed by atoms with van der Waals surface area (Å²) in [6, 6.07) is 0. The molecule has 28 heavy (non-hydrogen) atoms. The summed E-state index contributed by atoms with van der Waals surface area (Å²) in [5.74, 6) is 0.986. The Hall–Kier alpha value is -1.74. The van der Waals surface area contributed by atoms with Gasteiger partial charge in [0.25, 0.3) is 0 Å². The molecule has 0 amide bonds. The number of morpholine rings is 1. The number of hydrogen-bond donors (Lipinski definition) is 1. The summed E-state index contributed by atoms with van der Waals surface area (Å²) >= 11 is 0. The molecule has 0 aliphatic carbocycles. The van der Waals surface area contributed by atoms with Crippen LogP contribution in [0.2, 0.25) is 0 Å². The number of aromatic nitrogens is 4. The molecular weight excluding hydrogens is 356 g/mol. The van der Waals surface area contributed by atoms with E-state index in [0.717, 1.165) is 71.1 Å². The largest absolute Gasteiger partial charge is 0.383 e. The number of aryl methyl sites for hydroxylation is 1. The SMILES string of the molecule is COCCn1cncc1CN1CCOC2(CCN(Cc3cnc(C)[nH]3)CC2)C1. The molecule has 4 rings (SSSR count). The summed E-state index contributed by atoms with van der Waals surface area (Å²) in [5, 5.41) is 0. The number of imidazole rings is 2. The molecule has 0 atom stereocenters. The van der Waals surface area contributed by atoms with Crippen LogP contribution in [0.25, 0.3) is 0 Å². The highest BCUT2D eigenvalue weighted by molar-refractivity contribution is 5.03. The van der Waals surface area contributed by atoms with Gasteiger partial charge in [0.1, 0.15) is 5.82 Å². The predicted molar refractivity (Wildman–Crippen MR) is 106 cm³/mol. The monoisotopic (exact) mass is 388 g/mol. The van der Waals surface area contributed by atoms with Crippen LogP contribution >= 0.6 is 0 Å². The molecule has 2 aliphatic rings. The van der Waals surface area contributed by atoms with Gasteiger partial charge in [-0.15, -0.1) is 0 Å². The van der Waals surface area contributed by atoms with Gasteiger partial charge in [-0.25, -0.2) is 9.97 Å². The fourth-order valence-corrected chi connectivity index (χ4v) is 4.37. The molecule has 2 fully saturated rings. The van der Waals surface area contributed by atoms with Crippen molar-refractivity contribution < 1.29 is 9.47 Å². The molecule has 0 bridgehead atoms. The van der Waals surface area contributed by atoms with E-state index in [-0.39, 0.29) is 5.60 Å². The van der Waals surface area contributed by atoms with Crippen LogP contribution < -0.4 is 0 Å². The lowest BCUT2D eigenvalue weighted by Gasteiger charge is -2.47. The van der Waals surface area contributed by atoms with Crippen molar-refractivity contribution in [3.63, 3.8) is 0 Å². The first-order valence-corrected chi connectivity index (χ1v) is 10.2. The topological polar surface area (TPSA) is 71.4 Å². The fourth-order valence-electron chi connectivity index (χ4n) is 4.37. The van der Waals surface area contributed by atoms with Crippen molar-refractivity contribution in [3.8, 4) is 0 Å². The van der Waals surface area contributed by atoms with Gasteiger partial charge in [-0.3, -0.25) is 9.80 Å². The molecule has 0 unspecified atom stereocenters. The molecular formula is C20H32N6O2. The van der Waals surface area contributed by atoms with E-state index < -0.39 is 0 Å². The number of rotatable bonds is 7. The van der Waals surface area contributed by atoms with E-state index in [0.29, 0.717) is 6.61 Å². The number of ether oxygens (including phenoxy) is 2. The first kappa shape index (κ1) is 19.6. The van der Waals surface area contributed by atoms with Crippen molar-refractivity contribution in [2.24, 2.45) is 0 Å². The number of nitrogens with zero attached hydrogens (tertiary/aromatic N) is 5. The standard InChI is InChI=1S/C20H32N6O2/c1-17-22-11-18(23-17)13-24-5-3-20(4-6-24)15-25(7-10-28-20)14-19-12-21-16-26(19)8-9-27-2/h11-12,16H,3-10,13-15H2,1-2H3,(H,22,23). The predicted octanol–water partition coefficient (Wildman–Crippen LogP) is 1.43. The van der Waals surface area contributed by atoms with Crippen LogP contribution in [0.1, 0.15) is 30.1 Å². The van der Waals surface area contributed by atoms with E-state index in [2.05, 4.69) is 29.3 Å². The number of H-pyrrole nitrogens is 1. The number of aromatic amines is 1. The quantitative estimate of drug-likeness (QED) is 0.774. The van der Waals surface area contributed by atoms with Crippen LogP contribution in [-0.4, -0.2) is 81.4 Å². The Morgan fingerprint density at radius 1 is 1.18 bits per heavy atom. The first-order chi connectivity index (χ1) is 13.7. The molecule has 0 saturated carbocycles. The zero-order valence-electron chi connectivity index (χ0n) is 17.1. The smallest absolute Gasteiger partial charge is 0.103 e. The summed E-state index contributed by atoms with van der Waals surface area (Å²) in [6.07, 6.45) is 8.00. The van der Waals surface area contributed by atoms with E-state index in [1.807, 2.05) is 25.6 Å². The average molecular weight is 389 g/mol. The Balaban J connectivity index is 1.31. The maximum absolute atomic E-state index is 6.32. The molecule has 1 N–H and O–H groups in total. The third-order valence-electron chi connectivity index (χ3n) is 5.96. The number of likely N-dealkylation sites (tertiary alicyclic amines) is 1. The minimum absolute atomic E-state index is 0.00394. The lowest BCUT2D eigenvalue weighted by Crippen LogP contribution is -2.56. The maximum atomic E-state index is 6.32. The Morgan fingerprint density at radius 3 is 2.79 bits per heavy atom. The zero-order chi connectivity index (χ0) is 19.4. The van der Waals surface area contributed by atoms with E-state index in [1.165, 1.54) is 11.4 Å². The van der Waals surface area contributed by atoms with Crippen LogP contribution in [0.4, 0.5) is 0 Å². The van der Waals surface area contributed by atoms with Gasteiger partial charge >= 0.3 is 0 Å². The lowest BCUT2D eigenvalue weighted by molar-refractivity contribution is -0.138. The highest BCUT2D eigenvalue weighted by Crippen LogP contribution is 2.31. The molecule has 2 saturated heterocycles. The normalized spacial score (nSPS) is 20.8. The number of piperidine rings is 1. The summed E-state index contributed by atoms with van der Waals surface area (Å²) in [7, 11) is 1.74. The van der Waals surface area contributed by atoms with Gasteiger partial charge in [-0.05, 0) is 19.8 Å². The molecule has 1 spiro atoms. The van der Waals surface area contributed by atoms with Crippen molar-refractivity contribution in [1.29, 1.82) is 0 Å². The van der Waals surface area contributed by atoms with Gasteiger partial charge in [-0.1, -0.05) is 0 Å². The van der Waals surface area contributed by atoms with Crippen molar-refractivity contribution in [2.45, 2.75) is 45.0 Å². The van der Waals surface area contributed by atoms with Gasteiger partial charge in [-0.2, -0.15) is 0 Å². The summed E-state index contributed by atoms with van der Waals surface area (Å²) in [4.78, 5) is 17.0. The molecule has 2 aromatic rings. The molecule has 0 radical (unpaired) electrons. The number of hydrogen-bond acceptors (Lipinski definition) is 6. The van der Waals surface area contributed by atoms with Gasteiger partial charge < -0.3 is 19.0 Å². The van der Waals surface area contributed by atoms with Crippen molar-refractivity contribution in [1.82, 2.24) is 29.3 Å². The van der Waals surface area contributed by atoms with Crippen molar-refractivity contribution in [3.05, 3.63) is 35.9 Å². The van der Waals surface area contributed by atoms with Crippen LogP contribution in [0.5, 0.6) is 0 Å². The van der Waals surface area contributed by atoms with Gasteiger partial charge in [0.05, 0.1) is 30.8 Å². The Kier molecular flexibility index (Phi) is 6.10. The Labute approximate surface area is 166 Å². The molecule has 8 nitrogen and oxygen atoms in total. The third-order valence-corrected chi connectivity index (χ3v) is 5.96. The number of methoxy groups -OCH3 is 1. The fraction of sp³-hybridized carbons (Fsp3) is 0.700. The second-order valence-electron chi connectivity index (χ2n) is 8.08. The molecule has 2 aromatic heterocycles. The highest BCUT2D eigenvalue weighted by atomic mass is 16.5. The van der Waals surface area contributed by atoms with E-state index in [4.69, 9.17) is 9.47 Å². The third kappa shape index (κ3) is 4.63. The lowest BCUT2D eigenvalue weighted by atomic mass is 9.89. The summed E-state index contributed by atoms with van der Waals surface area (Å²) in [5.41, 5.74) is 2.45. The van der Waals surface area contributed by atoms with Gasteiger partial charge in [0, 0.05) is 71.0 Å². The van der Waals surface area contributed by atoms with E-state index >= 15 is 0 Å².